The molecular formula is C23H32N2O6S. The lowest BCUT2D eigenvalue weighted by atomic mass is 9.98. The van der Waals surface area contributed by atoms with Crippen LogP contribution < -0.4 is 0 Å². The summed E-state index contributed by atoms with van der Waals surface area (Å²) in [7, 11) is -3.75. The number of carbonyl (C=O) groups excluding carboxylic acids is 3. The van der Waals surface area contributed by atoms with E-state index in [0.29, 0.717) is 31.5 Å². The van der Waals surface area contributed by atoms with Gasteiger partial charge in [-0.3, -0.25) is 14.4 Å². The van der Waals surface area contributed by atoms with Gasteiger partial charge >= 0.3 is 5.97 Å². The fraction of sp³-hybridized carbons (Fsp3) is 0.609. The van der Waals surface area contributed by atoms with E-state index in [1.165, 1.54) is 23.4 Å². The van der Waals surface area contributed by atoms with Gasteiger partial charge in [-0.05, 0) is 51.7 Å². The third-order valence-corrected chi connectivity index (χ3v) is 8.12. The van der Waals surface area contributed by atoms with Crippen molar-refractivity contribution < 1.29 is 27.5 Å². The van der Waals surface area contributed by atoms with Crippen LogP contribution in [-0.2, 0) is 24.3 Å². The molecule has 8 nitrogen and oxygen atoms in total. The highest BCUT2D eigenvalue weighted by molar-refractivity contribution is 7.89. The number of amides is 1. The number of esters is 1. The first-order valence-corrected chi connectivity index (χ1v) is 12.7. The van der Waals surface area contributed by atoms with Crippen LogP contribution in [0.25, 0.3) is 0 Å². The summed E-state index contributed by atoms with van der Waals surface area (Å²) >= 11 is 0. The van der Waals surface area contributed by atoms with Crippen LogP contribution in [0.15, 0.2) is 29.2 Å². The average Bonchev–Trinajstić information content (AvgIpc) is 3.08. The van der Waals surface area contributed by atoms with Gasteiger partial charge in [-0.15, -0.1) is 0 Å². The fourth-order valence-corrected chi connectivity index (χ4v) is 5.74. The van der Waals surface area contributed by atoms with Crippen molar-refractivity contribution in [2.45, 2.75) is 63.4 Å². The van der Waals surface area contributed by atoms with E-state index in [1.54, 1.807) is 24.0 Å². The minimum atomic E-state index is -3.75. The highest BCUT2D eigenvalue weighted by atomic mass is 32.2. The molecule has 1 aromatic rings. The SMILES string of the molecule is CC(=O)c1cccc(S(=O)(=O)N2CCC(C(=O)OC(C)C(=O)N3CCCCCC3)CC2)c1. The first kappa shape index (κ1) is 24.4. The number of hydrogen-bond acceptors (Lipinski definition) is 6. The zero-order valence-electron chi connectivity index (χ0n) is 18.8. The minimum Gasteiger partial charge on any atom is -0.452 e. The first-order valence-electron chi connectivity index (χ1n) is 11.3. The Bertz CT molecular complexity index is 945. The quantitative estimate of drug-likeness (QED) is 0.474. The van der Waals surface area contributed by atoms with Crippen LogP contribution in [0.1, 0.15) is 62.7 Å². The van der Waals surface area contributed by atoms with Crippen molar-refractivity contribution in [3.8, 4) is 0 Å². The topological polar surface area (TPSA) is 101 Å². The Balaban J connectivity index is 1.55. The summed E-state index contributed by atoms with van der Waals surface area (Å²) in [5.41, 5.74) is 0.340. The summed E-state index contributed by atoms with van der Waals surface area (Å²) in [6, 6.07) is 5.99. The molecule has 2 aliphatic rings. The largest absolute Gasteiger partial charge is 0.452 e. The monoisotopic (exact) mass is 464 g/mol. The molecule has 1 unspecified atom stereocenters. The van der Waals surface area contributed by atoms with Crippen molar-refractivity contribution >= 4 is 27.7 Å². The van der Waals surface area contributed by atoms with Crippen LogP contribution in [0.4, 0.5) is 0 Å². The molecule has 1 aromatic carbocycles. The van der Waals surface area contributed by atoms with Crippen molar-refractivity contribution in [3.05, 3.63) is 29.8 Å². The lowest BCUT2D eigenvalue weighted by Crippen LogP contribution is -2.43. The Morgan fingerprint density at radius 2 is 1.62 bits per heavy atom. The van der Waals surface area contributed by atoms with E-state index in [0.717, 1.165) is 25.7 Å². The van der Waals surface area contributed by atoms with Gasteiger partial charge in [0, 0.05) is 31.7 Å². The molecular weight excluding hydrogens is 432 g/mol. The molecule has 2 saturated heterocycles. The molecule has 176 valence electrons. The Morgan fingerprint density at radius 1 is 1.00 bits per heavy atom. The van der Waals surface area contributed by atoms with Gasteiger partial charge in [0.2, 0.25) is 10.0 Å². The normalized spacial score (nSPS) is 19.8. The minimum absolute atomic E-state index is 0.0721. The van der Waals surface area contributed by atoms with Gasteiger partial charge in [-0.25, -0.2) is 8.42 Å². The number of nitrogens with zero attached hydrogens (tertiary/aromatic N) is 2. The number of sulfonamides is 1. The number of ether oxygens (including phenoxy) is 1. The van der Waals surface area contributed by atoms with Crippen molar-refractivity contribution in [2.75, 3.05) is 26.2 Å². The second kappa shape index (κ2) is 10.6. The van der Waals surface area contributed by atoms with E-state index >= 15 is 0 Å². The summed E-state index contributed by atoms with van der Waals surface area (Å²) < 4.78 is 32.7. The lowest BCUT2D eigenvalue weighted by Gasteiger charge is -2.31. The first-order chi connectivity index (χ1) is 15.2. The zero-order valence-corrected chi connectivity index (χ0v) is 19.6. The molecule has 2 fully saturated rings. The molecule has 1 amide bonds. The van der Waals surface area contributed by atoms with Gasteiger partial charge < -0.3 is 9.64 Å². The smallest absolute Gasteiger partial charge is 0.309 e. The van der Waals surface area contributed by atoms with Gasteiger partial charge in [-0.1, -0.05) is 25.0 Å². The van der Waals surface area contributed by atoms with Gasteiger partial charge in [0.1, 0.15) is 0 Å². The highest BCUT2D eigenvalue weighted by Gasteiger charge is 2.34. The Hall–Kier alpha value is -2.26. The second-order valence-corrected chi connectivity index (χ2v) is 10.5. The molecule has 0 saturated carbocycles. The number of piperidine rings is 1. The van der Waals surface area contributed by atoms with Crippen LogP contribution in [0.3, 0.4) is 0 Å². The molecule has 2 heterocycles. The van der Waals surface area contributed by atoms with Gasteiger partial charge in [0.15, 0.2) is 11.9 Å². The number of hydrogen-bond donors (Lipinski definition) is 0. The third-order valence-electron chi connectivity index (χ3n) is 6.22. The lowest BCUT2D eigenvalue weighted by molar-refractivity contribution is -0.163. The fourth-order valence-electron chi connectivity index (χ4n) is 4.23. The predicted molar refractivity (Wildman–Crippen MR) is 119 cm³/mol. The number of carbonyl (C=O) groups is 3. The van der Waals surface area contributed by atoms with Crippen molar-refractivity contribution in [3.63, 3.8) is 0 Å². The summed E-state index contributed by atoms with van der Waals surface area (Å²) in [5, 5.41) is 0. The molecule has 0 spiro atoms. The van der Waals surface area contributed by atoms with Crippen molar-refractivity contribution in [2.24, 2.45) is 5.92 Å². The number of rotatable bonds is 6. The summed E-state index contributed by atoms with van der Waals surface area (Å²) in [5.74, 6) is -1.25. The predicted octanol–water partition coefficient (Wildman–Crippen LogP) is 2.62. The summed E-state index contributed by atoms with van der Waals surface area (Å²) in [6.07, 6.45) is 3.97. The van der Waals surface area contributed by atoms with Crippen molar-refractivity contribution in [1.82, 2.24) is 9.21 Å². The van der Waals surface area contributed by atoms with E-state index in [4.69, 9.17) is 4.74 Å². The van der Waals surface area contributed by atoms with Crippen LogP contribution >= 0.6 is 0 Å². The molecule has 0 aliphatic carbocycles. The maximum Gasteiger partial charge on any atom is 0.309 e. The average molecular weight is 465 g/mol. The van der Waals surface area contributed by atoms with E-state index < -0.39 is 28.0 Å². The van der Waals surface area contributed by atoms with E-state index in [-0.39, 0.29) is 29.7 Å². The summed E-state index contributed by atoms with van der Waals surface area (Å²) in [6.45, 7) is 4.75. The zero-order chi connectivity index (χ0) is 23.3. The summed E-state index contributed by atoms with van der Waals surface area (Å²) in [4.78, 5) is 38.7. The van der Waals surface area contributed by atoms with Gasteiger partial charge in [0.25, 0.3) is 5.91 Å². The van der Waals surface area contributed by atoms with Crippen molar-refractivity contribution in [1.29, 1.82) is 0 Å². The molecule has 0 radical (unpaired) electrons. The number of benzene rings is 1. The van der Waals surface area contributed by atoms with Crippen LogP contribution in [0.2, 0.25) is 0 Å². The van der Waals surface area contributed by atoms with Crippen LogP contribution in [0, 0.1) is 5.92 Å². The number of Topliss-reactive ketones (excluding diaryl/α,β-unsaturated/α-hetero) is 1. The van der Waals surface area contributed by atoms with E-state index in [9.17, 15) is 22.8 Å². The molecule has 0 bridgehead atoms. The number of likely N-dealkylation sites (tertiary alicyclic amines) is 1. The van der Waals surface area contributed by atoms with Gasteiger partial charge in [0.05, 0.1) is 10.8 Å². The molecule has 1 atom stereocenters. The van der Waals surface area contributed by atoms with E-state index in [1.807, 2.05) is 0 Å². The van der Waals surface area contributed by atoms with Gasteiger partial charge in [-0.2, -0.15) is 4.31 Å². The Kier molecular flexibility index (Phi) is 8.05. The number of ketones is 1. The van der Waals surface area contributed by atoms with E-state index in [2.05, 4.69) is 0 Å². The molecule has 3 rings (SSSR count). The molecule has 9 heteroatoms. The maximum atomic E-state index is 13.0. The molecule has 0 N–H and O–H groups in total. The molecule has 0 aromatic heterocycles. The highest BCUT2D eigenvalue weighted by Crippen LogP contribution is 2.26. The Labute approximate surface area is 190 Å². The Morgan fingerprint density at radius 3 is 2.22 bits per heavy atom. The van der Waals surface area contributed by atoms with Crippen LogP contribution in [-0.4, -0.2) is 67.6 Å². The maximum absolute atomic E-state index is 13.0. The molecule has 2 aliphatic heterocycles. The molecule has 32 heavy (non-hydrogen) atoms. The third kappa shape index (κ3) is 5.75. The standard InChI is InChI=1S/C23H32N2O6S/c1-17(26)20-8-7-9-21(16-20)32(29,30)25-14-10-19(11-15-25)23(28)31-18(2)22(27)24-12-5-3-4-6-13-24/h7-9,16,18-19H,3-6,10-15H2,1-2H3. The van der Waals surface area contributed by atoms with Crippen LogP contribution in [0.5, 0.6) is 0 Å². The second-order valence-electron chi connectivity index (χ2n) is 8.58.